The maximum atomic E-state index is 11.7. The molecule has 2 rings (SSSR count). The molecule has 1 amide bonds. The number of hydrogen-bond acceptors (Lipinski definition) is 6. The zero-order valence-corrected chi connectivity index (χ0v) is 12.1. The van der Waals surface area contributed by atoms with Crippen molar-refractivity contribution in [3.63, 3.8) is 0 Å². The van der Waals surface area contributed by atoms with Crippen LogP contribution in [0.3, 0.4) is 0 Å². The summed E-state index contributed by atoms with van der Waals surface area (Å²) in [5, 5.41) is 14.5. The summed E-state index contributed by atoms with van der Waals surface area (Å²) < 4.78 is 0. The summed E-state index contributed by atoms with van der Waals surface area (Å²) in [6, 6.07) is 3.49. The number of carbonyl (C=O) groups excluding carboxylic acids is 1. The highest BCUT2D eigenvalue weighted by molar-refractivity contribution is 5.91. The Morgan fingerprint density at radius 3 is 2.70 bits per heavy atom. The van der Waals surface area contributed by atoms with Crippen LogP contribution in [0.1, 0.15) is 10.5 Å². The molecule has 7 heteroatoms. The van der Waals surface area contributed by atoms with Crippen LogP contribution in [0.4, 0.5) is 5.82 Å². The average molecular weight is 278 g/mol. The second-order valence-electron chi connectivity index (χ2n) is 5.02. The molecule has 110 valence electrons. The minimum absolute atomic E-state index is 0.134. The lowest BCUT2D eigenvalue weighted by molar-refractivity contribution is 0.0821. The van der Waals surface area contributed by atoms with Gasteiger partial charge in [0.15, 0.2) is 5.69 Å². The quantitative estimate of drug-likeness (QED) is 0.756. The molecule has 0 unspecified atom stereocenters. The number of nitrogens with zero attached hydrogens (tertiary/aromatic N) is 4. The highest BCUT2D eigenvalue weighted by atomic mass is 16.2. The minimum atomic E-state index is -0.134. The molecule has 0 aromatic carbocycles. The zero-order chi connectivity index (χ0) is 14.4. The number of rotatable bonds is 5. The SMILES string of the molecule is CN(C)C(=O)c1ccc(NCCN2CCNCC2)nn1. The van der Waals surface area contributed by atoms with Crippen molar-refractivity contribution in [1.29, 1.82) is 0 Å². The van der Waals surface area contributed by atoms with Crippen LogP contribution in [-0.2, 0) is 0 Å². The van der Waals surface area contributed by atoms with Gasteiger partial charge in [-0.05, 0) is 12.1 Å². The van der Waals surface area contributed by atoms with Crippen molar-refractivity contribution < 1.29 is 4.79 Å². The van der Waals surface area contributed by atoms with E-state index in [1.165, 1.54) is 4.90 Å². The predicted molar refractivity (Wildman–Crippen MR) is 77.8 cm³/mol. The maximum Gasteiger partial charge on any atom is 0.273 e. The second kappa shape index (κ2) is 7.16. The lowest BCUT2D eigenvalue weighted by Gasteiger charge is -2.27. The topological polar surface area (TPSA) is 73.4 Å². The van der Waals surface area contributed by atoms with Gasteiger partial charge in [0.1, 0.15) is 5.82 Å². The van der Waals surface area contributed by atoms with E-state index < -0.39 is 0 Å². The lowest BCUT2D eigenvalue weighted by atomic mass is 10.3. The molecular weight excluding hydrogens is 256 g/mol. The molecule has 0 aliphatic carbocycles. The molecule has 0 radical (unpaired) electrons. The first-order valence-electron chi connectivity index (χ1n) is 6.89. The van der Waals surface area contributed by atoms with E-state index in [9.17, 15) is 4.79 Å². The fourth-order valence-corrected chi connectivity index (χ4v) is 2.05. The molecule has 1 aromatic heterocycles. The van der Waals surface area contributed by atoms with Gasteiger partial charge in [-0.25, -0.2) is 0 Å². The summed E-state index contributed by atoms with van der Waals surface area (Å²) >= 11 is 0. The number of anilines is 1. The lowest BCUT2D eigenvalue weighted by Crippen LogP contribution is -2.45. The normalized spacial score (nSPS) is 15.9. The minimum Gasteiger partial charge on any atom is -0.367 e. The van der Waals surface area contributed by atoms with Crippen molar-refractivity contribution in [2.45, 2.75) is 0 Å². The highest BCUT2D eigenvalue weighted by Crippen LogP contribution is 2.03. The first-order valence-corrected chi connectivity index (χ1v) is 6.89. The van der Waals surface area contributed by atoms with Gasteiger partial charge in [0.25, 0.3) is 5.91 Å². The van der Waals surface area contributed by atoms with Crippen LogP contribution >= 0.6 is 0 Å². The number of nitrogens with one attached hydrogen (secondary N) is 2. The largest absolute Gasteiger partial charge is 0.367 e. The summed E-state index contributed by atoms with van der Waals surface area (Å²) in [6.07, 6.45) is 0. The number of aromatic nitrogens is 2. The number of hydrogen-bond donors (Lipinski definition) is 2. The van der Waals surface area contributed by atoms with Crippen LogP contribution in [0.15, 0.2) is 12.1 Å². The Morgan fingerprint density at radius 2 is 2.10 bits per heavy atom. The fourth-order valence-electron chi connectivity index (χ4n) is 2.05. The number of piperazine rings is 1. The Labute approximate surface area is 119 Å². The Kier molecular flexibility index (Phi) is 5.25. The van der Waals surface area contributed by atoms with E-state index in [1.54, 1.807) is 26.2 Å². The van der Waals surface area contributed by atoms with Gasteiger partial charge in [-0.3, -0.25) is 9.69 Å². The van der Waals surface area contributed by atoms with Crippen LogP contribution in [0.25, 0.3) is 0 Å². The van der Waals surface area contributed by atoms with Crippen LogP contribution < -0.4 is 10.6 Å². The third kappa shape index (κ3) is 4.14. The maximum absolute atomic E-state index is 11.7. The third-order valence-electron chi connectivity index (χ3n) is 3.23. The van der Waals surface area contributed by atoms with Gasteiger partial charge in [0, 0.05) is 53.4 Å². The number of carbonyl (C=O) groups is 1. The molecule has 20 heavy (non-hydrogen) atoms. The molecule has 1 fully saturated rings. The third-order valence-corrected chi connectivity index (χ3v) is 3.23. The average Bonchev–Trinajstić information content (AvgIpc) is 2.48. The van der Waals surface area contributed by atoms with Crippen molar-refractivity contribution in [1.82, 2.24) is 25.3 Å². The smallest absolute Gasteiger partial charge is 0.273 e. The molecule has 1 saturated heterocycles. The Morgan fingerprint density at radius 1 is 1.35 bits per heavy atom. The first kappa shape index (κ1) is 14.7. The molecule has 2 N–H and O–H groups in total. The van der Waals surface area contributed by atoms with E-state index in [0.717, 1.165) is 39.3 Å². The standard InChI is InChI=1S/C13H22N6O/c1-18(2)13(20)11-3-4-12(17-16-11)15-7-10-19-8-5-14-6-9-19/h3-4,14H,5-10H2,1-2H3,(H,15,17). The molecule has 1 aliphatic heterocycles. The summed E-state index contributed by atoms with van der Waals surface area (Å²) in [5.41, 5.74) is 0.364. The van der Waals surface area contributed by atoms with Gasteiger partial charge in [-0.1, -0.05) is 0 Å². The van der Waals surface area contributed by atoms with E-state index in [-0.39, 0.29) is 5.91 Å². The van der Waals surface area contributed by atoms with Gasteiger partial charge >= 0.3 is 0 Å². The summed E-state index contributed by atoms with van der Waals surface area (Å²) in [6.45, 7) is 6.10. The van der Waals surface area contributed by atoms with Gasteiger partial charge < -0.3 is 15.5 Å². The van der Waals surface area contributed by atoms with Gasteiger partial charge in [0.2, 0.25) is 0 Å². The Bertz CT molecular complexity index is 427. The Balaban J connectivity index is 1.77. The molecule has 0 atom stereocenters. The van der Waals surface area contributed by atoms with Crippen LogP contribution in [0.2, 0.25) is 0 Å². The molecule has 1 aromatic rings. The second-order valence-corrected chi connectivity index (χ2v) is 5.02. The van der Waals surface area contributed by atoms with E-state index in [4.69, 9.17) is 0 Å². The zero-order valence-electron chi connectivity index (χ0n) is 12.1. The van der Waals surface area contributed by atoms with Crippen molar-refractivity contribution in [2.75, 3.05) is 58.7 Å². The summed E-state index contributed by atoms with van der Waals surface area (Å²) in [5.74, 6) is 0.570. The van der Waals surface area contributed by atoms with Crippen LogP contribution in [0, 0.1) is 0 Å². The number of amides is 1. The molecule has 0 spiro atoms. The monoisotopic (exact) mass is 278 g/mol. The van der Waals surface area contributed by atoms with Crippen molar-refractivity contribution in [2.24, 2.45) is 0 Å². The molecule has 2 heterocycles. The molecule has 1 aliphatic rings. The van der Waals surface area contributed by atoms with E-state index in [0.29, 0.717) is 11.5 Å². The molecule has 0 saturated carbocycles. The van der Waals surface area contributed by atoms with Crippen LogP contribution in [0.5, 0.6) is 0 Å². The van der Waals surface area contributed by atoms with Crippen molar-refractivity contribution in [3.8, 4) is 0 Å². The predicted octanol–water partition coefficient (Wildman–Crippen LogP) is -0.504. The van der Waals surface area contributed by atoms with Crippen molar-refractivity contribution >= 4 is 11.7 Å². The van der Waals surface area contributed by atoms with Gasteiger partial charge in [-0.2, -0.15) is 0 Å². The highest BCUT2D eigenvalue weighted by Gasteiger charge is 2.11. The van der Waals surface area contributed by atoms with E-state index >= 15 is 0 Å². The summed E-state index contributed by atoms with van der Waals surface area (Å²) in [4.78, 5) is 15.6. The molecule has 7 nitrogen and oxygen atoms in total. The Hall–Kier alpha value is -1.73. The first-order chi connectivity index (χ1) is 9.66. The molecular formula is C13H22N6O. The van der Waals surface area contributed by atoms with E-state index in [2.05, 4.69) is 25.7 Å². The molecule has 0 bridgehead atoms. The van der Waals surface area contributed by atoms with Crippen molar-refractivity contribution in [3.05, 3.63) is 17.8 Å². The fraction of sp³-hybridized carbons (Fsp3) is 0.615. The van der Waals surface area contributed by atoms with Gasteiger partial charge in [-0.15, -0.1) is 10.2 Å². The van der Waals surface area contributed by atoms with Crippen LogP contribution in [-0.4, -0.2) is 79.3 Å². The summed E-state index contributed by atoms with van der Waals surface area (Å²) in [7, 11) is 3.40. The van der Waals surface area contributed by atoms with Gasteiger partial charge in [0.05, 0.1) is 0 Å². The van der Waals surface area contributed by atoms with E-state index in [1.807, 2.05) is 0 Å².